The minimum atomic E-state index is -1.36. The average Bonchev–Trinajstić information content (AvgIpc) is 2.66. The molecule has 0 radical (unpaired) electrons. The van der Waals surface area contributed by atoms with Crippen LogP contribution in [-0.4, -0.2) is 0 Å². The summed E-state index contributed by atoms with van der Waals surface area (Å²) >= 11 is 3.38. The third-order valence-electron chi connectivity index (χ3n) is 6.54. The molecule has 144 valence electrons. The van der Waals surface area contributed by atoms with Gasteiger partial charge in [-0.05, 0) is 97.7 Å². The van der Waals surface area contributed by atoms with Gasteiger partial charge >= 0.3 is 0 Å². The van der Waals surface area contributed by atoms with Crippen LogP contribution in [0, 0.1) is 35.2 Å². The Morgan fingerprint density at radius 1 is 0.808 bits per heavy atom. The van der Waals surface area contributed by atoms with E-state index in [1.807, 2.05) is 4.99 Å². The molecule has 0 bridgehead atoms. The van der Waals surface area contributed by atoms with E-state index in [1.165, 1.54) is 50.7 Å². The second kappa shape index (κ2) is 9.43. The lowest BCUT2D eigenvalue weighted by atomic mass is 9.74. The Morgan fingerprint density at radius 2 is 1.31 bits per heavy atom. The largest absolute Gasteiger partial charge is 0.204 e. The topological polar surface area (TPSA) is 0 Å². The van der Waals surface area contributed by atoms with E-state index in [4.69, 9.17) is 0 Å². The van der Waals surface area contributed by atoms with Crippen molar-refractivity contribution >= 4 is 15.9 Å². The van der Waals surface area contributed by atoms with Gasteiger partial charge in [0, 0.05) is 0 Å². The Balaban J connectivity index is 1.42. The van der Waals surface area contributed by atoms with Crippen molar-refractivity contribution < 1.29 is 13.2 Å². The Bertz CT molecular complexity index is 589. The van der Waals surface area contributed by atoms with Crippen LogP contribution in [0.2, 0.25) is 0 Å². The summed E-state index contributed by atoms with van der Waals surface area (Å²) in [6, 6.07) is 2.37. The van der Waals surface area contributed by atoms with E-state index in [1.54, 1.807) is 0 Å². The predicted molar refractivity (Wildman–Crippen MR) is 104 cm³/mol. The van der Waals surface area contributed by atoms with Crippen LogP contribution >= 0.6 is 15.9 Å². The first kappa shape index (κ1) is 20.0. The molecule has 1 aromatic carbocycles. The fraction of sp³-hybridized carbons (Fsp3) is 0.636. The molecule has 0 unspecified atom stereocenters. The van der Waals surface area contributed by atoms with E-state index in [0.717, 1.165) is 43.4 Å². The van der Waals surface area contributed by atoms with Crippen LogP contribution in [0.5, 0.6) is 0 Å². The van der Waals surface area contributed by atoms with Crippen molar-refractivity contribution in [2.75, 3.05) is 0 Å². The molecule has 0 heterocycles. The summed E-state index contributed by atoms with van der Waals surface area (Å²) in [4.78, 5) is 2.00. The van der Waals surface area contributed by atoms with Crippen LogP contribution in [0.15, 0.2) is 23.2 Å². The van der Waals surface area contributed by atoms with Crippen molar-refractivity contribution in [3.8, 4) is 0 Å². The zero-order valence-corrected chi connectivity index (χ0v) is 16.8. The molecule has 0 amide bonds. The molecule has 26 heavy (non-hydrogen) atoms. The lowest BCUT2D eigenvalue weighted by Gasteiger charge is -2.31. The second-order valence-corrected chi connectivity index (χ2v) is 8.72. The number of rotatable bonds is 5. The molecular weight excluding hydrogens is 401 g/mol. The zero-order valence-electron chi connectivity index (χ0n) is 15.2. The first-order valence-electron chi connectivity index (χ1n) is 9.98. The maximum atomic E-state index is 13.5. The van der Waals surface area contributed by atoms with Crippen molar-refractivity contribution in [1.82, 2.24) is 0 Å². The molecule has 0 aliphatic heterocycles. The summed E-state index contributed by atoms with van der Waals surface area (Å²) in [6.45, 7) is 0. The molecule has 0 saturated heterocycles. The van der Waals surface area contributed by atoms with E-state index in [0.29, 0.717) is 5.56 Å². The fourth-order valence-corrected chi connectivity index (χ4v) is 5.27. The lowest BCUT2D eigenvalue weighted by Crippen LogP contribution is -2.17. The van der Waals surface area contributed by atoms with E-state index < -0.39 is 17.5 Å². The van der Waals surface area contributed by atoms with E-state index in [9.17, 15) is 13.2 Å². The molecule has 2 aliphatic rings. The van der Waals surface area contributed by atoms with Crippen molar-refractivity contribution in [3.05, 3.63) is 46.2 Å². The lowest BCUT2D eigenvalue weighted by molar-refractivity contribution is 0.246. The Hall–Kier alpha value is -0.770. The molecule has 0 nitrogen and oxygen atoms in total. The van der Waals surface area contributed by atoms with Gasteiger partial charge in [-0.2, -0.15) is 0 Å². The van der Waals surface area contributed by atoms with Gasteiger partial charge in [-0.25, -0.2) is 13.2 Å². The minimum Gasteiger partial charge on any atom is -0.204 e. The fourth-order valence-electron chi connectivity index (χ4n) is 4.84. The van der Waals surface area contributed by atoms with Crippen LogP contribution in [0.3, 0.4) is 0 Å². The molecule has 0 atom stereocenters. The standard InChI is InChI=1S/C22H28BrF3/c23-12-11-17-5-3-15(4-6-17)1-2-16-7-9-18(10-8-16)19-13-20(24)22(26)21(25)14-19/h11-18H,1-10H2/b12-11+. The maximum Gasteiger partial charge on any atom is 0.194 e. The van der Waals surface area contributed by atoms with Gasteiger partial charge < -0.3 is 0 Å². The average molecular weight is 429 g/mol. The highest BCUT2D eigenvalue weighted by atomic mass is 79.9. The summed E-state index contributed by atoms with van der Waals surface area (Å²) in [7, 11) is 0. The van der Waals surface area contributed by atoms with Gasteiger partial charge in [0.1, 0.15) is 0 Å². The maximum absolute atomic E-state index is 13.5. The molecule has 2 fully saturated rings. The van der Waals surface area contributed by atoms with Crippen molar-refractivity contribution in [2.45, 2.75) is 70.1 Å². The SMILES string of the molecule is Fc1cc(C2CCC(CCC3CCC(/C=C/Br)CC3)CC2)cc(F)c1F. The summed E-state index contributed by atoms with van der Waals surface area (Å²) in [5, 5.41) is 0. The minimum absolute atomic E-state index is 0.169. The molecule has 0 aromatic heterocycles. The van der Waals surface area contributed by atoms with Gasteiger partial charge in [0.2, 0.25) is 0 Å². The highest BCUT2D eigenvalue weighted by molar-refractivity contribution is 9.11. The first-order chi connectivity index (χ1) is 12.6. The summed E-state index contributed by atoms with van der Waals surface area (Å²) in [6.07, 6.45) is 14.3. The van der Waals surface area contributed by atoms with E-state index in [2.05, 4.69) is 22.0 Å². The highest BCUT2D eigenvalue weighted by Crippen LogP contribution is 2.40. The molecular formula is C22H28BrF3. The van der Waals surface area contributed by atoms with Crippen LogP contribution in [0.4, 0.5) is 13.2 Å². The van der Waals surface area contributed by atoms with Crippen molar-refractivity contribution in [2.24, 2.45) is 17.8 Å². The predicted octanol–water partition coefficient (Wildman–Crippen LogP) is 7.87. The normalized spacial score (nSPS) is 30.0. The number of allylic oxidation sites excluding steroid dienone is 1. The highest BCUT2D eigenvalue weighted by Gasteiger charge is 2.26. The third-order valence-corrected chi connectivity index (χ3v) is 6.85. The van der Waals surface area contributed by atoms with Gasteiger partial charge in [0.25, 0.3) is 0 Å². The number of halogens is 4. The molecule has 1 aromatic rings. The summed E-state index contributed by atoms with van der Waals surface area (Å²) in [5.41, 5.74) is 0.623. The Kier molecular flexibility index (Phi) is 7.25. The number of hydrogen-bond acceptors (Lipinski definition) is 0. The number of benzene rings is 1. The summed E-state index contributed by atoms with van der Waals surface area (Å²) < 4.78 is 40.0. The molecule has 0 spiro atoms. The van der Waals surface area contributed by atoms with Gasteiger partial charge in [0.15, 0.2) is 17.5 Å². The molecule has 0 N–H and O–H groups in total. The number of hydrogen-bond donors (Lipinski definition) is 0. The monoisotopic (exact) mass is 428 g/mol. The Labute approximate surface area is 163 Å². The van der Waals surface area contributed by atoms with Crippen molar-refractivity contribution in [3.63, 3.8) is 0 Å². The van der Waals surface area contributed by atoms with Gasteiger partial charge in [-0.15, -0.1) is 0 Å². The zero-order chi connectivity index (χ0) is 18.5. The summed E-state index contributed by atoms with van der Waals surface area (Å²) in [5.74, 6) is -0.960. The molecule has 2 saturated carbocycles. The van der Waals surface area contributed by atoms with Crippen molar-refractivity contribution in [1.29, 1.82) is 0 Å². The van der Waals surface area contributed by atoms with Crippen LogP contribution in [-0.2, 0) is 0 Å². The van der Waals surface area contributed by atoms with Gasteiger partial charge in [-0.1, -0.05) is 34.8 Å². The van der Waals surface area contributed by atoms with E-state index >= 15 is 0 Å². The second-order valence-electron chi connectivity index (χ2n) is 8.19. The molecule has 3 rings (SSSR count). The third kappa shape index (κ3) is 5.15. The first-order valence-corrected chi connectivity index (χ1v) is 10.9. The molecule has 2 aliphatic carbocycles. The van der Waals surface area contributed by atoms with Gasteiger partial charge in [-0.3, -0.25) is 0 Å². The smallest absolute Gasteiger partial charge is 0.194 e. The van der Waals surface area contributed by atoms with Gasteiger partial charge in [0.05, 0.1) is 0 Å². The van der Waals surface area contributed by atoms with Crippen LogP contribution in [0.25, 0.3) is 0 Å². The van der Waals surface area contributed by atoms with Crippen LogP contribution < -0.4 is 0 Å². The quantitative estimate of drug-likeness (QED) is 0.418. The van der Waals surface area contributed by atoms with Crippen LogP contribution in [0.1, 0.15) is 75.7 Å². The molecule has 4 heteroatoms. The Morgan fingerprint density at radius 3 is 1.81 bits per heavy atom. The van der Waals surface area contributed by atoms with E-state index in [-0.39, 0.29) is 5.92 Å².